The zero-order chi connectivity index (χ0) is 23.7. The van der Waals surface area contributed by atoms with E-state index in [4.69, 9.17) is 4.18 Å². The molecule has 9 nitrogen and oxygen atoms in total. The molecule has 0 aliphatic rings. The minimum atomic E-state index is -2.49. The van der Waals surface area contributed by atoms with Crippen LogP contribution in [0.5, 0.6) is 5.75 Å². The van der Waals surface area contributed by atoms with Crippen LogP contribution in [0.4, 0.5) is 11.4 Å². The molecule has 3 N–H and O–H groups in total. The van der Waals surface area contributed by atoms with Crippen molar-refractivity contribution < 1.29 is 31.0 Å². The summed E-state index contributed by atoms with van der Waals surface area (Å²) in [5.74, 6) is -0.282. The molecule has 170 valence electrons. The van der Waals surface area contributed by atoms with Crippen LogP contribution in [0, 0.1) is 0 Å². The Labute approximate surface area is 195 Å². The van der Waals surface area contributed by atoms with E-state index < -0.39 is 33.2 Å². The number of aromatic hydroxyl groups is 1. The summed E-state index contributed by atoms with van der Waals surface area (Å²) in [7, 11) is 1.24. The smallest absolute Gasteiger partial charge is 0.188 e. The van der Waals surface area contributed by atoms with E-state index >= 15 is 0 Å². The second kappa shape index (κ2) is 9.55. The van der Waals surface area contributed by atoms with Crippen molar-refractivity contribution in [1.29, 1.82) is 0 Å². The molecule has 0 fully saturated rings. The fourth-order valence-electron chi connectivity index (χ4n) is 3.40. The van der Waals surface area contributed by atoms with Crippen molar-refractivity contribution in [3.8, 4) is 5.75 Å². The van der Waals surface area contributed by atoms with Gasteiger partial charge in [-0.2, -0.15) is 0 Å². The fourth-order valence-corrected chi connectivity index (χ4v) is 5.27. The van der Waals surface area contributed by atoms with Gasteiger partial charge in [0.15, 0.2) is 33.2 Å². The number of azo groups is 1. The lowest BCUT2D eigenvalue weighted by atomic mass is 10.1. The maximum Gasteiger partial charge on any atom is 0.188 e. The third-order valence-electron chi connectivity index (χ3n) is 4.85. The molecule has 3 unspecified atom stereocenters. The molecule has 4 aromatic rings. The fraction of sp³-hybridized carbons (Fsp3) is 0.0476. The number of phenolic OH excluding ortho intramolecular Hbond substituents is 1. The third kappa shape index (κ3) is 4.49. The largest absolute Gasteiger partial charge is 0.506 e. The Balaban J connectivity index is 1.94. The molecule has 0 aliphatic heterocycles. The number of hydrogen-bond acceptors (Lipinski definition) is 7. The lowest BCUT2D eigenvalue weighted by Crippen LogP contribution is -1.98. The van der Waals surface area contributed by atoms with E-state index in [1.54, 1.807) is 24.3 Å². The first kappa shape index (κ1) is 23.3. The zero-order valence-electron chi connectivity index (χ0n) is 16.9. The van der Waals surface area contributed by atoms with Crippen molar-refractivity contribution in [3.63, 3.8) is 0 Å². The molecule has 4 rings (SSSR count). The van der Waals surface area contributed by atoms with Gasteiger partial charge in [-0.1, -0.05) is 30.3 Å². The van der Waals surface area contributed by atoms with E-state index in [2.05, 4.69) is 10.2 Å². The number of nitrogens with zero attached hydrogens (tertiary/aromatic N) is 2. The lowest BCUT2D eigenvalue weighted by molar-refractivity contribution is 0.445. The maximum atomic E-state index is 12.1. The molecule has 0 amide bonds. The standard InChI is InChI=1S/C21H16N2O7S3/c1-30-33(29)13-10-12-6-8-17(24)21(20(12)19(11-13)32(27)28)23-22-16-7-9-18(31(25)26)15-5-3-2-4-14(15)16/h2-11,24H,1H3,(H,25,26)(H,27,28). The van der Waals surface area contributed by atoms with E-state index in [0.29, 0.717) is 21.8 Å². The molecular formula is C21H16N2O7S3. The van der Waals surface area contributed by atoms with Gasteiger partial charge in [-0.15, -0.1) is 10.2 Å². The van der Waals surface area contributed by atoms with Crippen LogP contribution in [0.3, 0.4) is 0 Å². The van der Waals surface area contributed by atoms with Crippen LogP contribution in [0.1, 0.15) is 0 Å². The Bertz CT molecular complexity index is 1500. The van der Waals surface area contributed by atoms with Crippen LogP contribution in [0.15, 0.2) is 85.6 Å². The molecule has 0 spiro atoms. The minimum Gasteiger partial charge on any atom is -0.506 e. The van der Waals surface area contributed by atoms with Gasteiger partial charge in [-0.05, 0) is 35.7 Å². The minimum absolute atomic E-state index is 0.0569. The van der Waals surface area contributed by atoms with Gasteiger partial charge in [0.2, 0.25) is 0 Å². The number of rotatable bonds is 6. The molecule has 33 heavy (non-hydrogen) atoms. The quantitative estimate of drug-likeness (QED) is 0.249. The zero-order valence-corrected chi connectivity index (χ0v) is 19.3. The molecule has 4 aromatic carbocycles. The van der Waals surface area contributed by atoms with E-state index in [-0.39, 0.29) is 31.5 Å². The molecule has 0 aliphatic carbocycles. The summed E-state index contributed by atoms with van der Waals surface area (Å²) in [5, 5.41) is 20.5. The second-order valence-corrected chi connectivity index (χ2v) is 9.83. The molecule has 0 aromatic heterocycles. The first-order valence-corrected chi connectivity index (χ1v) is 12.5. The first-order chi connectivity index (χ1) is 15.8. The van der Waals surface area contributed by atoms with Gasteiger partial charge in [0, 0.05) is 16.2 Å². The molecule has 0 bridgehead atoms. The van der Waals surface area contributed by atoms with Crippen LogP contribution in [-0.4, -0.2) is 33.9 Å². The first-order valence-electron chi connectivity index (χ1n) is 9.23. The Morgan fingerprint density at radius 2 is 1.52 bits per heavy atom. The van der Waals surface area contributed by atoms with E-state index in [1.807, 2.05) is 0 Å². The average molecular weight is 505 g/mol. The normalized spacial score (nSPS) is 14.6. The monoisotopic (exact) mass is 504 g/mol. The lowest BCUT2D eigenvalue weighted by Gasteiger charge is -2.10. The van der Waals surface area contributed by atoms with Crippen LogP contribution in [-0.2, 0) is 37.4 Å². The van der Waals surface area contributed by atoms with Gasteiger partial charge in [0.05, 0.1) is 27.5 Å². The van der Waals surface area contributed by atoms with Gasteiger partial charge in [-0.3, -0.25) is 4.18 Å². The Morgan fingerprint density at radius 3 is 2.18 bits per heavy atom. The molecule has 0 radical (unpaired) electrons. The summed E-state index contributed by atoms with van der Waals surface area (Å²) in [6, 6.07) is 15.4. The van der Waals surface area contributed by atoms with Crippen molar-refractivity contribution in [3.05, 3.63) is 60.7 Å². The Kier molecular flexibility index (Phi) is 6.74. The van der Waals surface area contributed by atoms with Crippen LogP contribution in [0.25, 0.3) is 21.5 Å². The maximum absolute atomic E-state index is 12.1. The summed E-state index contributed by atoms with van der Waals surface area (Å²) in [6.45, 7) is 0. The third-order valence-corrected chi connectivity index (χ3v) is 7.20. The molecule has 3 atom stereocenters. The molecular weight excluding hydrogens is 488 g/mol. The summed E-state index contributed by atoms with van der Waals surface area (Å²) < 4.78 is 60.0. The highest BCUT2D eigenvalue weighted by atomic mass is 32.2. The summed E-state index contributed by atoms with van der Waals surface area (Å²) >= 11 is -6.54. The summed E-state index contributed by atoms with van der Waals surface area (Å²) in [4.78, 5) is 0.275. The van der Waals surface area contributed by atoms with Gasteiger partial charge < -0.3 is 14.2 Å². The Morgan fingerprint density at radius 1 is 0.818 bits per heavy atom. The Hall–Kier alpha value is -2.87. The highest BCUT2D eigenvalue weighted by molar-refractivity contribution is 7.80. The molecule has 0 saturated carbocycles. The number of benzene rings is 4. The van der Waals surface area contributed by atoms with Gasteiger partial charge >= 0.3 is 0 Å². The number of fused-ring (bicyclic) bond motifs is 2. The van der Waals surface area contributed by atoms with Crippen molar-refractivity contribution >= 4 is 66.2 Å². The topological polar surface area (TPSA) is 146 Å². The highest BCUT2D eigenvalue weighted by Crippen LogP contribution is 2.41. The van der Waals surface area contributed by atoms with Crippen LogP contribution < -0.4 is 0 Å². The van der Waals surface area contributed by atoms with Crippen LogP contribution in [0.2, 0.25) is 0 Å². The summed E-state index contributed by atoms with van der Waals surface area (Å²) in [6.07, 6.45) is 0. The van der Waals surface area contributed by atoms with Crippen molar-refractivity contribution in [1.82, 2.24) is 0 Å². The summed E-state index contributed by atoms with van der Waals surface area (Å²) in [5.41, 5.74) is 0.304. The van der Waals surface area contributed by atoms with E-state index in [9.17, 15) is 26.8 Å². The molecule has 0 heterocycles. The van der Waals surface area contributed by atoms with Gasteiger partial charge in [0.1, 0.15) is 11.4 Å². The predicted molar refractivity (Wildman–Crippen MR) is 125 cm³/mol. The van der Waals surface area contributed by atoms with E-state index in [1.165, 1.54) is 43.5 Å². The second-order valence-electron chi connectivity index (χ2n) is 6.68. The predicted octanol–water partition coefficient (Wildman–Crippen LogP) is 4.94. The van der Waals surface area contributed by atoms with Crippen molar-refractivity contribution in [2.75, 3.05) is 7.11 Å². The van der Waals surface area contributed by atoms with Gasteiger partial charge in [0.25, 0.3) is 0 Å². The SMILES string of the molecule is COS(=O)c1cc(S(=O)O)c2c(N=Nc3ccc(S(=O)O)c4ccccc34)c(O)ccc2c1. The van der Waals surface area contributed by atoms with Gasteiger partial charge in [-0.25, -0.2) is 12.6 Å². The number of hydrogen-bond donors (Lipinski definition) is 3. The van der Waals surface area contributed by atoms with E-state index in [0.717, 1.165) is 0 Å². The average Bonchev–Trinajstić information content (AvgIpc) is 2.81. The van der Waals surface area contributed by atoms with Crippen LogP contribution >= 0.6 is 0 Å². The number of phenols is 1. The molecule has 12 heteroatoms. The molecule has 0 saturated heterocycles. The van der Waals surface area contributed by atoms with Crippen molar-refractivity contribution in [2.24, 2.45) is 10.2 Å². The van der Waals surface area contributed by atoms with Crippen molar-refractivity contribution in [2.45, 2.75) is 14.7 Å². The highest BCUT2D eigenvalue weighted by Gasteiger charge is 2.18.